The van der Waals surface area contributed by atoms with Crippen LogP contribution in [0.15, 0.2) is 41.6 Å². The lowest BCUT2D eigenvalue weighted by Crippen LogP contribution is -1.95. The molecule has 1 heterocycles. The zero-order valence-electron chi connectivity index (χ0n) is 10.2. The molecule has 0 saturated carbocycles. The number of hydrogen-bond donors (Lipinski definition) is 1. The topological polar surface area (TPSA) is 34.2 Å². The van der Waals surface area contributed by atoms with Crippen LogP contribution < -0.4 is 10.1 Å². The maximum atomic E-state index is 6.16. The molecule has 3 nitrogen and oxygen atoms in total. The molecule has 0 unspecified atom stereocenters. The summed E-state index contributed by atoms with van der Waals surface area (Å²) in [5, 5.41) is 6.63. The lowest BCUT2D eigenvalue weighted by Gasteiger charge is -2.10. The summed E-state index contributed by atoms with van der Waals surface area (Å²) in [5.41, 5.74) is 0.924. The van der Waals surface area contributed by atoms with Crippen LogP contribution >= 0.6 is 22.9 Å². The molecule has 0 amide bonds. The highest BCUT2D eigenvalue weighted by Gasteiger charge is 2.10. The Hall–Kier alpha value is -1.52. The fourth-order valence-corrected chi connectivity index (χ4v) is 2.65. The van der Waals surface area contributed by atoms with Gasteiger partial charge >= 0.3 is 0 Å². The lowest BCUT2D eigenvalue weighted by molar-refractivity contribution is 0.412. The number of hydrogen-bond acceptors (Lipinski definition) is 4. The first-order valence-electron chi connectivity index (χ1n) is 6.14. The predicted octanol–water partition coefficient (Wildman–Crippen LogP) is 4.99. The Balaban J connectivity index is 1.79. The molecule has 1 N–H and O–H groups in total. The van der Waals surface area contributed by atoms with Crippen LogP contribution in [0.3, 0.4) is 0 Å². The summed E-state index contributed by atoms with van der Waals surface area (Å²) < 4.78 is 5.84. The fourth-order valence-electron chi connectivity index (χ4n) is 1.94. The molecular weight excluding hydrogens is 280 g/mol. The Labute approximate surface area is 120 Å². The molecule has 3 rings (SSSR count). The van der Waals surface area contributed by atoms with Crippen LogP contribution in [0.2, 0.25) is 5.02 Å². The first-order valence-corrected chi connectivity index (χ1v) is 7.40. The highest BCUT2D eigenvalue weighted by Crippen LogP contribution is 2.32. The Bertz CT molecular complexity index is 595. The lowest BCUT2D eigenvalue weighted by atomic mass is 10.3. The van der Waals surface area contributed by atoms with Gasteiger partial charge in [0.25, 0.3) is 0 Å². The van der Waals surface area contributed by atoms with E-state index < -0.39 is 0 Å². The summed E-state index contributed by atoms with van der Waals surface area (Å²) in [4.78, 5) is 4.19. The van der Waals surface area contributed by atoms with Gasteiger partial charge in [0.05, 0.1) is 5.02 Å². The van der Waals surface area contributed by atoms with Crippen molar-refractivity contribution in [3.8, 4) is 5.75 Å². The van der Waals surface area contributed by atoms with Gasteiger partial charge in [-0.25, -0.2) is 4.98 Å². The summed E-state index contributed by atoms with van der Waals surface area (Å²) in [5.74, 6) is 1.70. The predicted molar refractivity (Wildman–Crippen MR) is 79.4 cm³/mol. The molecule has 0 spiro atoms. The van der Waals surface area contributed by atoms with E-state index in [0.29, 0.717) is 10.8 Å². The van der Waals surface area contributed by atoms with Crippen molar-refractivity contribution in [2.75, 3.05) is 5.32 Å². The van der Waals surface area contributed by atoms with Gasteiger partial charge in [0.2, 0.25) is 0 Å². The van der Waals surface area contributed by atoms with Crippen molar-refractivity contribution in [1.29, 1.82) is 0 Å². The van der Waals surface area contributed by atoms with E-state index in [9.17, 15) is 0 Å². The van der Waals surface area contributed by atoms with E-state index in [2.05, 4.69) is 16.4 Å². The molecule has 0 aliphatic heterocycles. The number of benzene rings is 1. The number of aromatic nitrogens is 1. The van der Waals surface area contributed by atoms with E-state index in [1.807, 2.05) is 23.6 Å². The van der Waals surface area contributed by atoms with Crippen molar-refractivity contribution >= 4 is 33.8 Å². The third kappa shape index (κ3) is 3.08. The molecule has 0 bridgehead atoms. The average molecular weight is 293 g/mol. The summed E-state index contributed by atoms with van der Waals surface area (Å²) in [6.07, 6.45) is 7.12. The highest BCUT2D eigenvalue weighted by molar-refractivity contribution is 7.13. The molecule has 98 valence electrons. The molecular formula is C14H13ClN2OS. The van der Waals surface area contributed by atoms with E-state index in [0.717, 1.165) is 35.8 Å². The van der Waals surface area contributed by atoms with E-state index in [1.54, 1.807) is 17.5 Å². The van der Waals surface area contributed by atoms with Crippen molar-refractivity contribution in [2.24, 2.45) is 0 Å². The second kappa shape index (κ2) is 5.63. The highest BCUT2D eigenvalue weighted by atomic mass is 35.5. The van der Waals surface area contributed by atoms with Gasteiger partial charge in [-0.3, -0.25) is 0 Å². The maximum absolute atomic E-state index is 6.16. The fraction of sp³-hybridized carbons (Fsp3) is 0.214. The summed E-state index contributed by atoms with van der Waals surface area (Å²) in [7, 11) is 0. The number of nitrogens with zero attached hydrogens (tertiary/aromatic N) is 1. The third-order valence-corrected chi connectivity index (χ3v) is 3.86. The number of ether oxygens (including phenoxy) is 1. The molecule has 2 aromatic rings. The number of rotatable bonds is 4. The van der Waals surface area contributed by atoms with Gasteiger partial charge in [0.1, 0.15) is 11.5 Å². The van der Waals surface area contributed by atoms with Gasteiger partial charge in [-0.05, 0) is 31.1 Å². The monoisotopic (exact) mass is 292 g/mol. The van der Waals surface area contributed by atoms with Crippen LogP contribution in [0.25, 0.3) is 0 Å². The number of thiazole rings is 1. The Morgan fingerprint density at radius 1 is 1.37 bits per heavy atom. The second-order valence-corrected chi connectivity index (χ2v) is 5.57. The van der Waals surface area contributed by atoms with E-state index >= 15 is 0 Å². The average Bonchev–Trinajstić information content (AvgIpc) is 3.07. The van der Waals surface area contributed by atoms with Crippen molar-refractivity contribution in [2.45, 2.75) is 19.3 Å². The van der Waals surface area contributed by atoms with Crippen molar-refractivity contribution < 1.29 is 4.74 Å². The van der Waals surface area contributed by atoms with Gasteiger partial charge in [0.15, 0.2) is 5.13 Å². The number of halogens is 1. The summed E-state index contributed by atoms with van der Waals surface area (Å²) in [6, 6.07) is 5.66. The van der Waals surface area contributed by atoms with Crippen LogP contribution in [-0.2, 0) is 0 Å². The van der Waals surface area contributed by atoms with E-state index in [4.69, 9.17) is 16.3 Å². The number of nitrogens with one attached hydrogen (secondary N) is 1. The molecule has 1 aliphatic rings. The Kier molecular flexibility index (Phi) is 3.71. The van der Waals surface area contributed by atoms with Gasteiger partial charge in [-0.1, -0.05) is 11.6 Å². The standard InChI is InChI=1S/C14H13ClN2OS/c15-12-6-5-10(17-14-16-7-8-19-14)9-13(12)18-11-3-1-2-4-11/h3,5-9H,1-2,4H2,(H,16,17). The molecule has 5 heteroatoms. The van der Waals surface area contributed by atoms with Gasteiger partial charge in [0, 0.05) is 29.8 Å². The van der Waals surface area contributed by atoms with Gasteiger partial charge in [-0.15, -0.1) is 11.3 Å². The van der Waals surface area contributed by atoms with Crippen molar-refractivity contribution in [3.63, 3.8) is 0 Å². The van der Waals surface area contributed by atoms with E-state index in [1.165, 1.54) is 0 Å². The second-order valence-electron chi connectivity index (χ2n) is 4.27. The third-order valence-electron chi connectivity index (χ3n) is 2.86. The number of anilines is 2. The first kappa shape index (κ1) is 12.5. The maximum Gasteiger partial charge on any atom is 0.187 e. The van der Waals surface area contributed by atoms with Crippen LogP contribution in [0, 0.1) is 0 Å². The molecule has 1 aromatic heterocycles. The minimum absolute atomic E-state index is 0.623. The molecule has 1 aliphatic carbocycles. The molecule has 1 aromatic carbocycles. The Morgan fingerprint density at radius 2 is 2.32 bits per heavy atom. The number of allylic oxidation sites excluding steroid dienone is 2. The van der Waals surface area contributed by atoms with Crippen LogP contribution in [0.1, 0.15) is 19.3 Å². The minimum Gasteiger partial charge on any atom is -0.460 e. The minimum atomic E-state index is 0.623. The largest absolute Gasteiger partial charge is 0.460 e. The summed E-state index contributed by atoms with van der Waals surface area (Å²) >= 11 is 7.72. The zero-order chi connectivity index (χ0) is 13.1. The molecule has 0 fully saturated rings. The van der Waals surface area contributed by atoms with Crippen LogP contribution in [-0.4, -0.2) is 4.98 Å². The zero-order valence-corrected chi connectivity index (χ0v) is 11.8. The molecule has 0 radical (unpaired) electrons. The van der Waals surface area contributed by atoms with Crippen molar-refractivity contribution in [1.82, 2.24) is 4.98 Å². The molecule has 19 heavy (non-hydrogen) atoms. The Morgan fingerprint density at radius 3 is 3.05 bits per heavy atom. The molecule has 0 saturated heterocycles. The molecule has 0 atom stereocenters. The first-order chi connectivity index (χ1) is 9.31. The SMILES string of the molecule is Clc1ccc(Nc2nccs2)cc1OC1=CCCC1. The van der Waals surface area contributed by atoms with Crippen LogP contribution in [0.4, 0.5) is 10.8 Å². The van der Waals surface area contributed by atoms with Gasteiger partial charge in [-0.2, -0.15) is 0 Å². The van der Waals surface area contributed by atoms with Crippen LogP contribution in [0.5, 0.6) is 5.75 Å². The quantitative estimate of drug-likeness (QED) is 0.862. The van der Waals surface area contributed by atoms with Crippen molar-refractivity contribution in [3.05, 3.63) is 46.6 Å². The van der Waals surface area contributed by atoms with Gasteiger partial charge < -0.3 is 10.1 Å². The summed E-state index contributed by atoms with van der Waals surface area (Å²) in [6.45, 7) is 0. The normalized spacial score (nSPS) is 14.3. The van der Waals surface area contributed by atoms with E-state index in [-0.39, 0.29) is 0 Å². The smallest absolute Gasteiger partial charge is 0.187 e.